The Kier molecular flexibility index (Phi) is 7.05. The van der Waals surface area contributed by atoms with Gasteiger partial charge in [-0.05, 0) is 24.0 Å². The number of aromatic nitrogens is 3. The minimum atomic E-state index is -0.383. The molecule has 4 rings (SSSR count). The van der Waals surface area contributed by atoms with E-state index in [0.29, 0.717) is 55.6 Å². The van der Waals surface area contributed by atoms with Crippen LogP contribution in [0.5, 0.6) is 0 Å². The van der Waals surface area contributed by atoms with Crippen LogP contribution in [0.15, 0.2) is 74.8 Å². The van der Waals surface area contributed by atoms with Crippen LogP contribution in [0.3, 0.4) is 0 Å². The molecule has 3 heterocycles. The van der Waals surface area contributed by atoms with Crippen LogP contribution in [0.2, 0.25) is 0 Å². The SMILES string of the molecule is CC(C)(CNC(=O)CCCc1nc(-c2ccccn2)no1)CNC1=C2C=CC=CC2C(=O)N=N1. The summed E-state index contributed by atoms with van der Waals surface area (Å²) in [4.78, 5) is 32.8. The lowest BCUT2D eigenvalue weighted by atomic mass is 9.91. The van der Waals surface area contributed by atoms with E-state index in [9.17, 15) is 9.59 Å². The van der Waals surface area contributed by atoms with Gasteiger partial charge in [0.25, 0.3) is 5.91 Å². The summed E-state index contributed by atoms with van der Waals surface area (Å²) in [5, 5.41) is 18.0. The number of hydrogen-bond acceptors (Lipinski definition) is 8. The molecule has 10 heteroatoms. The van der Waals surface area contributed by atoms with Gasteiger partial charge in [0.2, 0.25) is 17.6 Å². The van der Waals surface area contributed by atoms with Gasteiger partial charge in [-0.25, -0.2) is 0 Å². The molecular weight excluding hydrogens is 434 g/mol. The first-order valence-electron chi connectivity index (χ1n) is 11.2. The number of pyridine rings is 1. The molecule has 0 bridgehead atoms. The van der Waals surface area contributed by atoms with E-state index in [0.717, 1.165) is 5.57 Å². The number of amides is 2. The summed E-state index contributed by atoms with van der Waals surface area (Å²) in [5.41, 5.74) is 1.22. The van der Waals surface area contributed by atoms with Crippen LogP contribution < -0.4 is 10.6 Å². The molecule has 1 aliphatic heterocycles. The number of aryl methyl sites for hydroxylation is 1. The van der Waals surface area contributed by atoms with Crippen molar-refractivity contribution < 1.29 is 14.1 Å². The van der Waals surface area contributed by atoms with Gasteiger partial charge < -0.3 is 15.2 Å². The monoisotopic (exact) mass is 461 g/mol. The Morgan fingerprint density at radius 1 is 1.18 bits per heavy atom. The lowest BCUT2D eigenvalue weighted by Gasteiger charge is -2.27. The second-order valence-electron chi connectivity index (χ2n) is 8.94. The molecule has 2 amide bonds. The Morgan fingerprint density at radius 3 is 2.88 bits per heavy atom. The predicted octanol–water partition coefficient (Wildman–Crippen LogP) is 3.13. The van der Waals surface area contributed by atoms with Crippen LogP contribution in [-0.2, 0) is 16.0 Å². The Labute approximate surface area is 197 Å². The summed E-state index contributed by atoms with van der Waals surface area (Å²) in [6.07, 6.45) is 10.5. The molecule has 1 unspecified atom stereocenters. The van der Waals surface area contributed by atoms with Crippen molar-refractivity contribution in [3.8, 4) is 11.5 Å². The van der Waals surface area contributed by atoms with E-state index in [1.165, 1.54) is 0 Å². The van der Waals surface area contributed by atoms with E-state index in [4.69, 9.17) is 4.52 Å². The van der Waals surface area contributed by atoms with Crippen molar-refractivity contribution in [1.82, 2.24) is 25.8 Å². The van der Waals surface area contributed by atoms with Crippen LogP contribution in [0.25, 0.3) is 11.5 Å². The van der Waals surface area contributed by atoms with Gasteiger partial charge in [0, 0.05) is 37.7 Å². The number of carbonyl (C=O) groups excluding carboxylic acids is 2. The molecule has 1 atom stereocenters. The summed E-state index contributed by atoms with van der Waals surface area (Å²) in [5.74, 6) is 0.834. The molecule has 0 radical (unpaired) electrons. The highest BCUT2D eigenvalue weighted by Gasteiger charge is 2.28. The first-order valence-corrected chi connectivity index (χ1v) is 11.2. The number of carbonyl (C=O) groups is 2. The summed E-state index contributed by atoms with van der Waals surface area (Å²) < 4.78 is 5.26. The topological polar surface area (TPSA) is 135 Å². The Bertz CT molecular complexity index is 1160. The van der Waals surface area contributed by atoms with Crippen molar-refractivity contribution in [2.45, 2.75) is 33.1 Å². The second-order valence-corrected chi connectivity index (χ2v) is 8.94. The molecule has 2 aromatic heterocycles. The predicted molar refractivity (Wildman–Crippen MR) is 124 cm³/mol. The third-order valence-corrected chi connectivity index (χ3v) is 5.47. The first kappa shape index (κ1) is 23.2. The van der Waals surface area contributed by atoms with Crippen LogP contribution in [0.4, 0.5) is 0 Å². The molecule has 0 spiro atoms. The van der Waals surface area contributed by atoms with Crippen molar-refractivity contribution in [2.24, 2.45) is 21.6 Å². The van der Waals surface area contributed by atoms with E-state index >= 15 is 0 Å². The molecule has 2 N–H and O–H groups in total. The molecule has 0 saturated carbocycles. The van der Waals surface area contributed by atoms with E-state index in [1.54, 1.807) is 6.20 Å². The van der Waals surface area contributed by atoms with E-state index < -0.39 is 0 Å². The molecule has 0 fully saturated rings. The molecule has 2 aromatic rings. The minimum Gasteiger partial charge on any atom is -0.368 e. The van der Waals surface area contributed by atoms with Crippen LogP contribution in [0.1, 0.15) is 32.6 Å². The van der Waals surface area contributed by atoms with Gasteiger partial charge >= 0.3 is 0 Å². The van der Waals surface area contributed by atoms with E-state index in [2.05, 4.69) is 36.0 Å². The molecular formula is C24H27N7O3. The fourth-order valence-electron chi connectivity index (χ4n) is 3.51. The zero-order valence-electron chi connectivity index (χ0n) is 19.2. The smallest absolute Gasteiger partial charge is 0.276 e. The number of azo groups is 1. The Morgan fingerprint density at radius 2 is 2.06 bits per heavy atom. The van der Waals surface area contributed by atoms with Gasteiger partial charge in [-0.2, -0.15) is 4.98 Å². The zero-order chi connectivity index (χ0) is 24.0. The summed E-state index contributed by atoms with van der Waals surface area (Å²) in [6.45, 7) is 5.13. The first-order chi connectivity index (χ1) is 16.4. The quantitative estimate of drug-likeness (QED) is 0.555. The summed E-state index contributed by atoms with van der Waals surface area (Å²) in [7, 11) is 0. The molecule has 0 saturated heterocycles. The van der Waals surface area contributed by atoms with Gasteiger partial charge in [-0.3, -0.25) is 14.6 Å². The number of allylic oxidation sites excluding steroid dienone is 3. The normalized spacial score (nSPS) is 17.1. The van der Waals surface area contributed by atoms with Gasteiger partial charge in [-0.1, -0.05) is 49.4 Å². The minimum absolute atomic E-state index is 0.0390. The average Bonchev–Trinajstić information content (AvgIpc) is 3.32. The molecule has 1 aliphatic carbocycles. The Balaban J connectivity index is 1.20. The lowest BCUT2D eigenvalue weighted by Crippen LogP contribution is -2.40. The third kappa shape index (κ3) is 5.89. The average molecular weight is 462 g/mol. The highest BCUT2D eigenvalue weighted by Crippen LogP contribution is 2.27. The van der Waals surface area contributed by atoms with Gasteiger partial charge in [-0.15, -0.1) is 10.2 Å². The van der Waals surface area contributed by atoms with Crippen molar-refractivity contribution >= 4 is 11.8 Å². The van der Waals surface area contributed by atoms with Crippen LogP contribution in [-0.4, -0.2) is 40.0 Å². The van der Waals surface area contributed by atoms with Crippen molar-refractivity contribution in [3.63, 3.8) is 0 Å². The highest BCUT2D eigenvalue weighted by atomic mass is 16.5. The summed E-state index contributed by atoms with van der Waals surface area (Å²) >= 11 is 0. The van der Waals surface area contributed by atoms with Gasteiger partial charge in [0.15, 0.2) is 5.82 Å². The molecule has 176 valence electrons. The number of hydrogen-bond donors (Lipinski definition) is 2. The number of nitrogens with zero attached hydrogens (tertiary/aromatic N) is 5. The maximum Gasteiger partial charge on any atom is 0.276 e. The highest BCUT2D eigenvalue weighted by molar-refractivity contribution is 5.86. The lowest BCUT2D eigenvalue weighted by molar-refractivity contribution is -0.122. The third-order valence-electron chi connectivity index (χ3n) is 5.47. The second kappa shape index (κ2) is 10.3. The number of fused-ring (bicyclic) bond motifs is 1. The van der Waals surface area contributed by atoms with E-state index in [-0.39, 0.29) is 23.1 Å². The van der Waals surface area contributed by atoms with E-state index in [1.807, 2.05) is 56.4 Å². The fraction of sp³-hybridized carbons (Fsp3) is 0.375. The molecule has 0 aromatic carbocycles. The summed E-state index contributed by atoms with van der Waals surface area (Å²) in [6, 6.07) is 5.49. The fourth-order valence-corrected chi connectivity index (χ4v) is 3.51. The molecule has 10 nitrogen and oxygen atoms in total. The maximum atomic E-state index is 12.3. The van der Waals surface area contributed by atoms with Crippen molar-refractivity contribution in [3.05, 3.63) is 66.0 Å². The number of nitrogens with one attached hydrogen (secondary N) is 2. The molecule has 2 aliphatic rings. The van der Waals surface area contributed by atoms with Crippen molar-refractivity contribution in [1.29, 1.82) is 0 Å². The largest absolute Gasteiger partial charge is 0.368 e. The molecule has 34 heavy (non-hydrogen) atoms. The number of rotatable bonds is 10. The van der Waals surface area contributed by atoms with Crippen molar-refractivity contribution in [2.75, 3.05) is 13.1 Å². The van der Waals surface area contributed by atoms with Gasteiger partial charge in [0.1, 0.15) is 5.69 Å². The Hall–Kier alpha value is -3.95. The maximum absolute atomic E-state index is 12.3. The van der Waals surface area contributed by atoms with Crippen LogP contribution in [0, 0.1) is 11.3 Å². The van der Waals surface area contributed by atoms with Crippen LogP contribution >= 0.6 is 0 Å². The van der Waals surface area contributed by atoms with Gasteiger partial charge in [0.05, 0.1) is 5.92 Å². The standard InChI is InChI=1S/C24H27N7O3/c1-24(2,15-27-21-16-8-3-4-9-17(16)23(33)30-29-21)14-26-19(32)11-7-12-20-28-22(31-34-20)18-10-5-6-13-25-18/h3-6,8-10,13,17,27H,7,11-12,14-15H2,1-2H3,(H,26,32). The zero-order valence-corrected chi connectivity index (χ0v) is 19.2.